The van der Waals surface area contributed by atoms with Gasteiger partial charge < -0.3 is 9.47 Å². The van der Waals surface area contributed by atoms with Crippen LogP contribution in [0.2, 0.25) is 0 Å². The lowest BCUT2D eigenvalue weighted by molar-refractivity contribution is -0.153. The number of hydrogen-bond acceptors (Lipinski definition) is 2. The maximum atomic E-state index is 6.02. The van der Waals surface area contributed by atoms with Crippen LogP contribution in [0.25, 0.3) is 10.8 Å². The Bertz CT molecular complexity index is 596. The summed E-state index contributed by atoms with van der Waals surface area (Å²) in [7, 11) is 1.68. The first-order valence-electron chi connectivity index (χ1n) is 6.03. The lowest BCUT2D eigenvalue weighted by Gasteiger charge is -2.38. The molecule has 94 valence electrons. The second-order valence-electron chi connectivity index (χ2n) is 4.76. The lowest BCUT2D eigenvalue weighted by Crippen LogP contribution is -2.47. The van der Waals surface area contributed by atoms with E-state index in [1.54, 1.807) is 7.11 Å². The van der Waals surface area contributed by atoms with E-state index < -0.39 is 5.79 Å². The van der Waals surface area contributed by atoms with Crippen molar-refractivity contribution in [1.82, 2.24) is 0 Å². The zero-order valence-corrected chi connectivity index (χ0v) is 12.0. The Morgan fingerprint density at radius 1 is 1.28 bits per heavy atom. The van der Waals surface area contributed by atoms with E-state index >= 15 is 0 Å². The van der Waals surface area contributed by atoms with E-state index in [1.807, 2.05) is 13.0 Å². The zero-order chi connectivity index (χ0) is 12.8. The highest BCUT2D eigenvalue weighted by atomic mass is 79.9. The first-order chi connectivity index (χ1) is 8.64. The molecule has 0 N–H and O–H groups in total. The molecule has 0 fully saturated rings. The lowest BCUT2D eigenvalue weighted by atomic mass is 9.95. The molecule has 3 heteroatoms. The van der Waals surface area contributed by atoms with Crippen molar-refractivity contribution in [3.05, 3.63) is 42.0 Å². The quantitative estimate of drug-likeness (QED) is 0.744. The topological polar surface area (TPSA) is 18.5 Å². The van der Waals surface area contributed by atoms with Crippen LogP contribution in [0.3, 0.4) is 0 Å². The summed E-state index contributed by atoms with van der Waals surface area (Å²) in [4.78, 5) is 0.147. The van der Waals surface area contributed by atoms with E-state index in [-0.39, 0.29) is 4.83 Å². The maximum Gasteiger partial charge on any atom is 0.220 e. The minimum Gasteiger partial charge on any atom is -0.461 e. The fraction of sp³-hybridized carbons (Fsp3) is 0.333. The molecule has 1 heterocycles. The van der Waals surface area contributed by atoms with Crippen LogP contribution in [0.1, 0.15) is 12.5 Å². The standard InChI is InChI=1S/C15H15BrO2/c1-15(17-2)14(16)9-12-11-6-4-3-5-10(11)7-8-13(12)18-15/h3-8,14H,9H2,1-2H3/t14-,15+/m0/s1. The number of hydrogen-bond donors (Lipinski definition) is 0. The summed E-state index contributed by atoms with van der Waals surface area (Å²) in [5.74, 6) is 0.323. The summed E-state index contributed by atoms with van der Waals surface area (Å²) in [5.41, 5.74) is 1.25. The van der Waals surface area contributed by atoms with Gasteiger partial charge in [-0.15, -0.1) is 0 Å². The number of fused-ring (bicyclic) bond motifs is 3. The Hall–Kier alpha value is -1.06. The van der Waals surface area contributed by atoms with Gasteiger partial charge in [0, 0.05) is 19.6 Å². The summed E-state index contributed by atoms with van der Waals surface area (Å²) in [6.07, 6.45) is 0.904. The van der Waals surface area contributed by atoms with Crippen molar-refractivity contribution in [1.29, 1.82) is 0 Å². The van der Waals surface area contributed by atoms with Crippen LogP contribution in [0, 0.1) is 0 Å². The fourth-order valence-electron chi connectivity index (χ4n) is 2.44. The van der Waals surface area contributed by atoms with Crippen molar-refractivity contribution in [2.24, 2.45) is 0 Å². The molecule has 18 heavy (non-hydrogen) atoms. The number of rotatable bonds is 1. The number of halogens is 1. The smallest absolute Gasteiger partial charge is 0.220 e. The van der Waals surface area contributed by atoms with E-state index in [4.69, 9.17) is 9.47 Å². The second kappa shape index (κ2) is 4.25. The monoisotopic (exact) mass is 306 g/mol. The van der Waals surface area contributed by atoms with Gasteiger partial charge in [-0.3, -0.25) is 0 Å². The molecule has 2 aromatic rings. The van der Waals surface area contributed by atoms with Crippen LogP contribution in [0.5, 0.6) is 5.75 Å². The predicted molar refractivity (Wildman–Crippen MR) is 76.4 cm³/mol. The first kappa shape index (κ1) is 12.0. The molecular weight excluding hydrogens is 292 g/mol. The summed E-state index contributed by atoms with van der Waals surface area (Å²) >= 11 is 3.68. The number of ether oxygens (including phenoxy) is 2. The Labute approximate surface area is 115 Å². The van der Waals surface area contributed by atoms with Crippen LogP contribution in [-0.4, -0.2) is 17.7 Å². The van der Waals surface area contributed by atoms with Crippen molar-refractivity contribution in [2.45, 2.75) is 24.0 Å². The molecule has 2 atom stereocenters. The summed E-state index contributed by atoms with van der Waals surface area (Å²) in [6, 6.07) is 12.5. The summed E-state index contributed by atoms with van der Waals surface area (Å²) in [6.45, 7) is 1.96. The fourth-order valence-corrected chi connectivity index (χ4v) is 3.04. The average Bonchev–Trinajstić information content (AvgIpc) is 2.40. The SMILES string of the molecule is CO[C@]1(C)Oc2ccc3ccccc3c2C[C@@H]1Br. The normalized spacial score (nSPS) is 26.7. The van der Waals surface area contributed by atoms with E-state index in [0.717, 1.165) is 12.2 Å². The molecule has 0 aromatic heterocycles. The van der Waals surface area contributed by atoms with Crippen LogP contribution < -0.4 is 4.74 Å². The van der Waals surface area contributed by atoms with Crippen LogP contribution in [0.4, 0.5) is 0 Å². The molecule has 0 radical (unpaired) electrons. The predicted octanol–water partition coefficient (Wildman–Crippen LogP) is 3.90. The van der Waals surface area contributed by atoms with Crippen molar-refractivity contribution in [2.75, 3.05) is 7.11 Å². The van der Waals surface area contributed by atoms with Crippen LogP contribution in [-0.2, 0) is 11.2 Å². The third kappa shape index (κ3) is 1.73. The van der Waals surface area contributed by atoms with Crippen molar-refractivity contribution < 1.29 is 9.47 Å². The minimum atomic E-state index is -0.602. The van der Waals surface area contributed by atoms with Gasteiger partial charge in [0.2, 0.25) is 5.79 Å². The highest BCUT2D eigenvalue weighted by Gasteiger charge is 2.40. The molecule has 0 unspecified atom stereocenters. The van der Waals surface area contributed by atoms with E-state index in [9.17, 15) is 0 Å². The molecule has 1 aliphatic rings. The van der Waals surface area contributed by atoms with Crippen LogP contribution in [0.15, 0.2) is 36.4 Å². The Morgan fingerprint density at radius 3 is 2.83 bits per heavy atom. The maximum absolute atomic E-state index is 6.02. The molecule has 0 saturated carbocycles. The van der Waals surface area contributed by atoms with Gasteiger partial charge in [-0.2, -0.15) is 0 Å². The highest BCUT2D eigenvalue weighted by molar-refractivity contribution is 9.09. The minimum absolute atomic E-state index is 0.147. The Morgan fingerprint density at radius 2 is 2.06 bits per heavy atom. The van der Waals surface area contributed by atoms with Crippen molar-refractivity contribution in [3.63, 3.8) is 0 Å². The van der Waals surface area contributed by atoms with Gasteiger partial charge in [0.25, 0.3) is 0 Å². The van der Waals surface area contributed by atoms with Crippen molar-refractivity contribution >= 4 is 26.7 Å². The van der Waals surface area contributed by atoms with Gasteiger partial charge in [-0.25, -0.2) is 0 Å². The third-order valence-corrected chi connectivity index (χ3v) is 4.82. The Balaban J connectivity index is 2.17. The van der Waals surface area contributed by atoms with Gasteiger partial charge in [0.15, 0.2) is 0 Å². The van der Waals surface area contributed by atoms with Gasteiger partial charge in [-0.1, -0.05) is 46.3 Å². The Kier molecular flexibility index (Phi) is 2.83. The number of alkyl halides is 1. The van der Waals surface area contributed by atoms with E-state index in [2.05, 4.69) is 46.3 Å². The molecular formula is C15H15BrO2. The summed E-state index contributed by atoms with van der Waals surface area (Å²) < 4.78 is 11.5. The van der Waals surface area contributed by atoms with Crippen LogP contribution >= 0.6 is 15.9 Å². The van der Waals surface area contributed by atoms with E-state index in [0.29, 0.717) is 0 Å². The van der Waals surface area contributed by atoms with Gasteiger partial charge in [0.1, 0.15) is 5.75 Å². The molecule has 0 spiro atoms. The number of methoxy groups -OCH3 is 1. The highest BCUT2D eigenvalue weighted by Crippen LogP contribution is 2.40. The van der Waals surface area contributed by atoms with Crippen molar-refractivity contribution in [3.8, 4) is 5.75 Å². The van der Waals surface area contributed by atoms with E-state index in [1.165, 1.54) is 16.3 Å². The molecule has 2 aromatic carbocycles. The molecule has 2 nitrogen and oxygen atoms in total. The molecule has 1 aliphatic heterocycles. The number of benzene rings is 2. The van der Waals surface area contributed by atoms with Gasteiger partial charge in [-0.05, 0) is 23.3 Å². The third-order valence-electron chi connectivity index (χ3n) is 3.67. The molecule has 0 bridgehead atoms. The molecule has 0 amide bonds. The molecule has 3 rings (SSSR count). The average molecular weight is 307 g/mol. The first-order valence-corrected chi connectivity index (χ1v) is 6.94. The largest absolute Gasteiger partial charge is 0.461 e. The zero-order valence-electron chi connectivity index (χ0n) is 10.4. The van der Waals surface area contributed by atoms with Gasteiger partial charge in [0.05, 0.1) is 4.83 Å². The molecule has 0 saturated heterocycles. The second-order valence-corrected chi connectivity index (χ2v) is 5.86. The summed E-state index contributed by atoms with van der Waals surface area (Å²) in [5, 5.41) is 2.51. The van der Waals surface area contributed by atoms with Gasteiger partial charge >= 0.3 is 0 Å². The molecule has 0 aliphatic carbocycles.